The molecule has 2 atom stereocenters. The standard InChI is InChI=1S/C20H24N2O/c23-20(22-14-11-16-5-1-2-6-18(16)15-22)17-7-9-19(10-8-17)21-12-3-4-13-21/h3-4,7-10,12-13,16,18H,1-2,5-6,11,14-15H2/t16-,18+/m1/s1. The third kappa shape index (κ3) is 2.92. The third-order valence-electron chi connectivity index (χ3n) is 5.60. The van der Waals surface area contributed by atoms with E-state index >= 15 is 0 Å². The molecule has 1 saturated heterocycles. The van der Waals surface area contributed by atoms with Gasteiger partial charge in [-0.3, -0.25) is 4.79 Å². The molecule has 0 radical (unpaired) electrons. The van der Waals surface area contributed by atoms with Gasteiger partial charge in [-0.2, -0.15) is 0 Å². The highest BCUT2D eigenvalue weighted by molar-refractivity contribution is 5.94. The fourth-order valence-corrected chi connectivity index (χ4v) is 4.25. The number of nitrogens with zero attached hydrogens (tertiary/aromatic N) is 2. The van der Waals surface area contributed by atoms with E-state index in [1.807, 2.05) is 48.8 Å². The summed E-state index contributed by atoms with van der Waals surface area (Å²) >= 11 is 0. The number of amides is 1. The molecule has 1 aromatic heterocycles. The number of piperidine rings is 1. The van der Waals surface area contributed by atoms with Crippen LogP contribution in [-0.4, -0.2) is 28.5 Å². The second-order valence-electron chi connectivity index (χ2n) is 6.98. The molecule has 0 bridgehead atoms. The second kappa shape index (κ2) is 6.23. The van der Waals surface area contributed by atoms with Crippen LogP contribution in [0.2, 0.25) is 0 Å². The van der Waals surface area contributed by atoms with Gasteiger partial charge >= 0.3 is 0 Å². The summed E-state index contributed by atoms with van der Waals surface area (Å²) in [6.45, 7) is 1.89. The lowest BCUT2D eigenvalue weighted by Gasteiger charge is -2.41. The molecule has 1 aliphatic carbocycles. The van der Waals surface area contributed by atoms with Gasteiger partial charge in [0.15, 0.2) is 0 Å². The van der Waals surface area contributed by atoms with Gasteiger partial charge in [0.25, 0.3) is 5.91 Å². The highest BCUT2D eigenvalue weighted by Crippen LogP contribution is 2.36. The molecule has 2 aromatic rings. The van der Waals surface area contributed by atoms with Crippen LogP contribution in [0, 0.1) is 11.8 Å². The van der Waals surface area contributed by atoms with Crippen LogP contribution in [0.5, 0.6) is 0 Å². The minimum Gasteiger partial charge on any atom is -0.338 e. The zero-order chi connectivity index (χ0) is 15.6. The number of hydrogen-bond donors (Lipinski definition) is 0. The van der Waals surface area contributed by atoms with Gasteiger partial charge < -0.3 is 9.47 Å². The Hall–Kier alpha value is -2.03. The molecule has 3 nitrogen and oxygen atoms in total. The Morgan fingerprint density at radius 1 is 0.913 bits per heavy atom. The summed E-state index contributed by atoms with van der Waals surface area (Å²) in [5.41, 5.74) is 1.91. The van der Waals surface area contributed by atoms with E-state index in [9.17, 15) is 4.79 Å². The van der Waals surface area contributed by atoms with E-state index in [0.29, 0.717) is 0 Å². The Balaban J connectivity index is 1.46. The normalized spacial score (nSPS) is 24.3. The van der Waals surface area contributed by atoms with Crippen LogP contribution >= 0.6 is 0 Å². The number of fused-ring (bicyclic) bond motifs is 1. The topological polar surface area (TPSA) is 25.2 Å². The van der Waals surface area contributed by atoms with Crippen molar-refractivity contribution in [1.29, 1.82) is 0 Å². The molecular formula is C20H24N2O. The van der Waals surface area contributed by atoms with Crippen LogP contribution in [0.3, 0.4) is 0 Å². The van der Waals surface area contributed by atoms with Crippen molar-refractivity contribution in [3.05, 3.63) is 54.4 Å². The summed E-state index contributed by atoms with van der Waals surface area (Å²) in [5.74, 6) is 1.80. The maximum absolute atomic E-state index is 12.8. The Kier molecular flexibility index (Phi) is 3.94. The summed E-state index contributed by atoms with van der Waals surface area (Å²) in [4.78, 5) is 14.9. The van der Waals surface area contributed by atoms with E-state index in [1.54, 1.807) is 0 Å². The molecule has 2 heterocycles. The smallest absolute Gasteiger partial charge is 0.253 e. The predicted octanol–water partition coefficient (Wildman–Crippen LogP) is 4.13. The van der Waals surface area contributed by atoms with Gasteiger partial charge in [0.05, 0.1) is 0 Å². The number of aromatic nitrogens is 1. The van der Waals surface area contributed by atoms with Crippen molar-refractivity contribution in [3.63, 3.8) is 0 Å². The van der Waals surface area contributed by atoms with Crippen LogP contribution < -0.4 is 0 Å². The molecule has 0 spiro atoms. The molecule has 2 fully saturated rings. The number of hydrogen-bond acceptors (Lipinski definition) is 1. The zero-order valence-corrected chi connectivity index (χ0v) is 13.5. The van der Waals surface area contributed by atoms with Gasteiger partial charge in [-0.25, -0.2) is 0 Å². The maximum Gasteiger partial charge on any atom is 0.253 e. The van der Waals surface area contributed by atoms with Gasteiger partial charge in [-0.05, 0) is 61.1 Å². The number of likely N-dealkylation sites (tertiary alicyclic amines) is 1. The molecule has 1 amide bonds. The maximum atomic E-state index is 12.8. The molecule has 4 rings (SSSR count). The predicted molar refractivity (Wildman–Crippen MR) is 91.7 cm³/mol. The van der Waals surface area contributed by atoms with Crippen molar-refractivity contribution < 1.29 is 4.79 Å². The third-order valence-corrected chi connectivity index (χ3v) is 5.60. The lowest BCUT2D eigenvalue weighted by atomic mass is 9.75. The number of carbonyl (C=O) groups is 1. The summed E-state index contributed by atoms with van der Waals surface area (Å²) in [6, 6.07) is 12.0. The average molecular weight is 308 g/mol. The van der Waals surface area contributed by atoms with Gasteiger partial charge in [0, 0.05) is 36.7 Å². The van der Waals surface area contributed by atoms with E-state index in [0.717, 1.165) is 36.2 Å². The molecule has 1 aromatic carbocycles. The van der Waals surface area contributed by atoms with Crippen molar-refractivity contribution in [2.45, 2.75) is 32.1 Å². The minimum atomic E-state index is 0.202. The van der Waals surface area contributed by atoms with Crippen molar-refractivity contribution in [1.82, 2.24) is 9.47 Å². The molecule has 23 heavy (non-hydrogen) atoms. The van der Waals surface area contributed by atoms with E-state index in [1.165, 1.54) is 32.1 Å². The lowest BCUT2D eigenvalue weighted by Crippen LogP contribution is -2.44. The first-order chi connectivity index (χ1) is 11.3. The first-order valence-corrected chi connectivity index (χ1v) is 8.84. The summed E-state index contributed by atoms with van der Waals surface area (Å²) < 4.78 is 2.06. The highest BCUT2D eigenvalue weighted by Gasteiger charge is 2.33. The molecule has 1 saturated carbocycles. The lowest BCUT2D eigenvalue weighted by molar-refractivity contribution is 0.0521. The fraction of sp³-hybridized carbons (Fsp3) is 0.450. The first-order valence-electron chi connectivity index (χ1n) is 8.84. The van der Waals surface area contributed by atoms with Crippen LogP contribution in [0.4, 0.5) is 0 Å². The molecule has 120 valence electrons. The van der Waals surface area contributed by atoms with Gasteiger partial charge in [0.2, 0.25) is 0 Å². The molecule has 0 N–H and O–H groups in total. The number of benzene rings is 1. The second-order valence-corrected chi connectivity index (χ2v) is 6.98. The molecule has 1 aliphatic heterocycles. The Morgan fingerprint density at radius 2 is 1.61 bits per heavy atom. The van der Waals surface area contributed by atoms with Crippen LogP contribution in [0.1, 0.15) is 42.5 Å². The largest absolute Gasteiger partial charge is 0.338 e. The van der Waals surface area contributed by atoms with Gasteiger partial charge in [-0.1, -0.05) is 19.3 Å². The monoisotopic (exact) mass is 308 g/mol. The molecule has 0 unspecified atom stereocenters. The minimum absolute atomic E-state index is 0.202. The van der Waals surface area contributed by atoms with Crippen LogP contribution in [0.25, 0.3) is 5.69 Å². The van der Waals surface area contributed by atoms with Crippen LogP contribution in [0.15, 0.2) is 48.8 Å². The van der Waals surface area contributed by atoms with Gasteiger partial charge in [-0.15, -0.1) is 0 Å². The fourth-order valence-electron chi connectivity index (χ4n) is 4.25. The highest BCUT2D eigenvalue weighted by atomic mass is 16.2. The average Bonchev–Trinajstić information content (AvgIpc) is 3.15. The van der Waals surface area contributed by atoms with Crippen molar-refractivity contribution >= 4 is 5.91 Å². The molecule has 3 heteroatoms. The van der Waals surface area contributed by atoms with Crippen molar-refractivity contribution in [3.8, 4) is 5.69 Å². The first kappa shape index (κ1) is 14.6. The number of rotatable bonds is 2. The number of carbonyl (C=O) groups excluding carboxylic acids is 1. The van der Waals surface area contributed by atoms with Crippen LogP contribution in [-0.2, 0) is 0 Å². The Labute approximate surface area is 137 Å². The quantitative estimate of drug-likeness (QED) is 0.819. The Morgan fingerprint density at radius 3 is 2.35 bits per heavy atom. The van der Waals surface area contributed by atoms with Crippen molar-refractivity contribution in [2.24, 2.45) is 11.8 Å². The summed E-state index contributed by atoms with van der Waals surface area (Å²) in [7, 11) is 0. The van der Waals surface area contributed by atoms with Crippen molar-refractivity contribution in [2.75, 3.05) is 13.1 Å². The van der Waals surface area contributed by atoms with Gasteiger partial charge in [0.1, 0.15) is 0 Å². The van der Waals surface area contributed by atoms with E-state index in [2.05, 4.69) is 9.47 Å². The van der Waals surface area contributed by atoms with E-state index in [4.69, 9.17) is 0 Å². The molecular weight excluding hydrogens is 284 g/mol. The summed E-state index contributed by atoms with van der Waals surface area (Å²) in [6.07, 6.45) is 10.6. The zero-order valence-electron chi connectivity index (χ0n) is 13.5. The van der Waals surface area contributed by atoms with E-state index in [-0.39, 0.29) is 5.91 Å². The summed E-state index contributed by atoms with van der Waals surface area (Å²) in [5, 5.41) is 0. The Bertz CT molecular complexity index is 659. The van der Waals surface area contributed by atoms with E-state index < -0.39 is 0 Å². The SMILES string of the molecule is O=C(c1ccc(-n2cccc2)cc1)N1CC[C@H]2CCCC[C@H]2C1. The molecule has 2 aliphatic rings.